The van der Waals surface area contributed by atoms with E-state index in [0.29, 0.717) is 24.6 Å². The third-order valence-electron chi connectivity index (χ3n) is 5.02. The van der Waals surface area contributed by atoms with Gasteiger partial charge in [-0.25, -0.2) is 8.78 Å². The zero-order valence-corrected chi connectivity index (χ0v) is 18.4. The molecule has 0 aliphatic carbocycles. The van der Waals surface area contributed by atoms with Crippen molar-refractivity contribution in [2.24, 2.45) is 5.92 Å². The number of hydrogen-bond acceptors (Lipinski definition) is 4. The third-order valence-corrected chi connectivity index (χ3v) is 5.68. The van der Waals surface area contributed by atoms with Crippen LogP contribution in [0.2, 0.25) is 0 Å². The van der Waals surface area contributed by atoms with Crippen LogP contribution in [-0.4, -0.2) is 42.4 Å². The van der Waals surface area contributed by atoms with Gasteiger partial charge in [0, 0.05) is 23.6 Å². The SMILES string of the molecule is Cc1ccc(NC(=O)COC(=O)C2CCN(C(=O)c3ccc(F)cc3F)CC2)c(Br)c1. The van der Waals surface area contributed by atoms with Gasteiger partial charge in [0.1, 0.15) is 11.6 Å². The van der Waals surface area contributed by atoms with Gasteiger partial charge < -0.3 is 15.0 Å². The number of benzene rings is 2. The number of nitrogens with zero attached hydrogens (tertiary/aromatic N) is 1. The molecule has 2 amide bonds. The molecule has 31 heavy (non-hydrogen) atoms. The maximum Gasteiger partial charge on any atom is 0.309 e. The molecule has 164 valence electrons. The molecule has 0 atom stereocenters. The Balaban J connectivity index is 1.46. The third kappa shape index (κ3) is 5.88. The fraction of sp³-hybridized carbons (Fsp3) is 0.318. The highest BCUT2D eigenvalue weighted by Gasteiger charge is 2.30. The maximum atomic E-state index is 13.8. The minimum atomic E-state index is -0.919. The first kappa shape index (κ1) is 22.9. The summed E-state index contributed by atoms with van der Waals surface area (Å²) in [7, 11) is 0. The first-order valence-electron chi connectivity index (χ1n) is 9.71. The Morgan fingerprint density at radius 3 is 2.48 bits per heavy atom. The molecule has 3 rings (SSSR count). The van der Waals surface area contributed by atoms with Gasteiger partial charge in [-0.1, -0.05) is 6.07 Å². The summed E-state index contributed by atoms with van der Waals surface area (Å²) in [6, 6.07) is 8.25. The summed E-state index contributed by atoms with van der Waals surface area (Å²) >= 11 is 3.36. The van der Waals surface area contributed by atoms with E-state index >= 15 is 0 Å². The summed E-state index contributed by atoms with van der Waals surface area (Å²) in [6.45, 7) is 1.97. The van der Waals surface area contributed by atoms with Crippen molar-refractivity contribution in [1.82, 2.24) is 4.90 Å². The number of carbonyl (C=O) groups is 3. The number of halogens is 3. The zero-order valence-electron chi connectivity index (χ0n) is 16.8. The molecule has 1 aliphatic heterocycles. The van der Waals surface area contributed by atoms with E-state index in [9.17, 15) is 23.2 Å². The van der Waals surface area contributed by atoms with Crippen LogP contribution in [0.5, 0.6) is 0 Å². The van der Waals surface area contributed by atoms with E-state index in [-0.39, 0.29) is 18.7 Å². The fourth-order valence-electron chi connectivity index (χ4n) is 3.31. The minimum absolute atomic E-state index is 0.207. The first-order chi connectivity index (χ1) is 14.7. The summed E-state index contributed by atoms with van der Waals surface area (Å²) in [5.74, 6) is -3.66. The Labute approximate surface area is 186 Å². The number of ether oxygens (including phenoxy) is 1. The number of aryl methyl sites for hydroxylation is 1. The lowest BCUT2D eigenvalue weighted by molar-refractivity contribution is -0.152. The van der Waals surface area contributed by atoms with Crippen LogP contribution in [0.25, 0.3) is 0 Å². The Kier molecular flexibility index (Phi) is 7.37. The van der Waals surface area contributed by atoms with E-state index in [4.69, 9.17) is 4.74 Å². The Morgan fingerprint density at radius 1 is 1.13 bits per heavy atom. The minimum Gasteiger partial charge on any atom is -0.455 e. The van der Waals surface area contributed by atoms with Crippen LogP contribution in [0, 0.1) is 24.5 Å². The van der Waals surface area contributed by atoms with Crippen molar-refractivity contribution in [3.05, 3.63) is 63.6 Å². The van der Waals surface area contributed by atoms with Gasteiger partial charge in [0.2, 0.25) is 0 Å². The van der Waals surface area contributed by atoms with E-state index in [1.807, 2.05) is 19.1 Å². The molecule has 0 bridgehead atoms. The summed E-state index contributed by atoms with van der Waals surface area (Å²) < 4.78 is 32.7. The highest BCUT2D eigenvalue weighted by Crippen LogP contribution is 2.24. The topological polar surface area (TPSA) is 75.7 Å². The van der Waals surface area contributed by atoms with Crippen LogP contribution in [0.3, 0.4) is 0 Å². The Hall–Kier alpha value is -2.81. The quantitative estimate of drug-likeness (QED) is 0.635. The van der Waals surface area contributed by atoms with Crippen molar-refractivity contribution in [3.8, 4) is 0 Å². The molecule has 1 aliphatic rings. The molecule has 0 saturated carbocycles. The van der Waals surface area contributed by atoms with Gasteiger partial charge in [0.05, 0.1) is 17.2 Å². The van der Waals surface area contributed by atoms with Gasteiger partial charge in [0.25, 0.3) is 11.8 Å². The number of rotatable bonds is 5. The van der Waals surface area contributed by atoms with Crippen molar-refractivity contribution < 1.29 is 27.9 Å². The number of piperidine rings is 1. The number of esters is 1. The van der Waals surface area contributed by atoms with E-state index in [0.717, 1.165) is 22.2 Å². The van der Waals surface area contributed by atoms with Crippen molar-refractivity contribution in [1.29, 1.82) is 0 Å². The molecular weight excluding hydrogens is 474 g/mol. The van der Waals surface area contributed by atoms with E-state index < -0.39 is 41.9 Å². The lowest BCUT2D eigenvalue weighted by Gasteiger charge is -2.31. The van der Waals surface area contributed by atoms with Gasteiger partial charge in [-0.3, -0.25) is 14.4 Å². The van der Waals surface area contributed by atoms with Gasteiger partial charge >= 0.3 is 5.97 Å². The molecule has 1 fully saturated rings. The number of nitrogens with one attached hydrogen (secondary N) is 1. The lowest BCUT2D eigenvalue weighted by Crippen LogP contribution is -2.41. The highest BCUT2D eigenvalue weighted by molar-refractivity contribution is 9.10. The zero-order chi connectivity index (χ0) is 22.5. The van der Waals surface area contributed by atoms with E-state index in [1.165, 1.54) is 4.90 Å². The number of likely N-dealkylation sites (tertiary alicyclic amines) is 1. The van der Waals surface area contributed by atoms with Crippen LogP contribution in [0.4, 0.5) is 14.5 Å². The van der Waals surface area contributed by atoms with E-state index in [1.54, 1.807) is 6.07 Å². The van der Waals surface area contributed by atoms with Gasteiger partial charge in [-0.05, 0) is 65.5 Å². The molecule has 6 nitrogen and oxygen atoms in total. The molecule has 1 heterocycles. The normalized spacial score (nSPS) is 14.3. The summed E-state index contributed by atoms with van der Waals surface area (Å²) in [5.41, 5.74) is 1.40. The molecule has 9 heteroatoms. The summed E-state index contributed by atoms with van der Waals surface area (Å²) in [4.78, 5) is 38.2. The molecule has 1 N–H and O–H groups in total. The van der Waals surface area contributed by atoms with Crippen LogP contribution >= 0.6 is 15.9 Å². The van der Waals surface area contributed by atoms with Gasteiger partial charge in [-0.2, -0.15) is 0 Å². The molecule has 0 unspecified atom stereocenters. The largest absolute Gasteiger partial charge is 0.455 e. The molecule has 1 saturated heterocycles. The molecule has 0 spiro atoms. The molecular formula is C22H21BrF2N2O4. The second-order valence-corrected chi connectivity index (χ2v) is 8.18. The number of carbonyl (C=O) groups excluding carboxylic acids is 3. The van der Waals surface area contributed by atoms with Crippen molar-refractivity contribution in [2.45, 2.75) is 19.8 Å². The number of anilines is 1. The second kappa shape index (κ2) is 10.00. The standard InChI is InChI=1S/C22H21BrF2N2O4/c1-13-2-5-19(17(23)10-13)26-20(28)12-31-22(30)14-6-8-27(9-7-14)21(29)16-4-3-15(24)11-18(16)25/h2-5,10-11,14H,6-9,12H2,1H3,(H,26,28). The Bertz CT molecular complexity index is 1010. The van der Waals surface area contributed by atoms with Crippen LogP contribution in [-0.2, 0) is 14.3 Å². The summed E-state index contributed by atoms with van der Waals surface area (Å²) in [5, 5.41) is 2.67. The van der Waals surface area contributed by atoms with Crippen LogP contribution in [0.15, 0.2) is 40.9 Å². The fourth-order valence-corrected chi connectivity index (χ4v) is 3.91. The summed E-state index contributed by atoms with van der Waals surface area (Å²) in [6.07, 6.45) is 0.664. The average molecular weight is 495 g/mol. The molecule has 2 aromatic rings. The van der Waals surface area contributed by atoms with Crippen LogP contribution < -0.4 is 5.32 Å². The van der Waals surface area contributed by atoms with E-state index in [2.05, 4.69) is 21.2 Å². The van der Waals surface area contributed by atoms with Crippen molar-refractivity contribution >= 4 is 39.4 Å². The number of hydrogen-bond donors (Lipinski definition) is 1. The molecule has 2 aromatic carbocycles. The molecule has 0 aromatic heterocycles. The average Bonchev–Trinajstić information content (AvgIpc) is 2.74. The monoisotopic (exact) mass is 494 g/mol. The number of amides is 2. The highest BCUT2D eigenvalue weighted by atomic mass is 79.9. The second-order valence-electron chi connectivity index (χ2n) is 7.33. The predicted octanol–water partition coefficient (Wildman–Crippen LogP) is 4.07. The smallest absolute Gasteiger partial charge is 0.309 e. The Morgan fingerprint density at radius 2 is 1.84 bits per heavy atom. The van der Waals surface area contributed by atoms with Gasteiger partial charge in [-0.15, -0.1) is 0 Å². The van der Waals surface area contributed by atoms with Crippen molar-refractivity contribution in [2.75, 3.05) is 25.0 Å². The van der Waals surface area contributed by atoms with Crippen molar-refractivity contribution in [3.63, 3.8) is 0 Å². The maximum absolute atomic E-state index is 13.8. The molecule has 0 radical (unpaired) electrons. The predicted molar refractivity (Wildman–Crippen MR) is 113 cm³/mol. The lowest BCUT2D eigenvalue weighted by atomic mass is 9.96. The van der Waals surface area contributed by atoms with Crippen LogP contribution in [0.1, 0.15) is 28.8 Å². The van der Waals surface area contributed by atoms with Gasteiger partial charge in [0.15, 0.2) is 6.61 Å². The first-order valence-corrected chi connectivity index (χ1v) is 10.5.